The highest BCUT2D eigenvalue weighted by Crippen LogP contribution is 2.47. The van der Waals surface area contributed by atoms with Crippen LogP contribution < -0.4 is 0 Å². The van der Waals surface area contributed by atoms with Crippen LogP contribution in [0.5, 0.6) is 0 Å². The van der Waals surface area contributed by atoms with Gasteiger partial charge < -0.3 is 9.57 Å². The fourth-order valence-electron chi connectivity index (χ4n) is 3.74. The SMILES string of the molecule is COC(=O)C1C(c2ccccc2)=NOC1(c1ccccc1)c1ccc(C)cc1. The first-order chi connectivity index (χ1) is 13.7. The van der Waals surface area contributed by atoms with Gasteiger partial charge in [-0.2, -0.15) is 0 Å². The predicted octanol–water partition coefficient (Wildman–Crippen LogP) is 4.46. The van der Waals surface area contributed by atoms with Gasteiger partial charge in [-0.05, 0) is 6.92 Å². The Bertz CT molecular complexity index is 997. The third-order valence-electron chi connectivity index (χ3n) is 5.16. The Morgan fingerprint density at radius 2 is 1.46 bits per heavy atom. The predicted molar refractivity (Wildman–Crippen MR) is 108 cm³/mol. The van der Waals surface area contributed by atoms with E-state index in [2.05, 4.69) is 5.16 Å². The Balaban J connectivity index is 1.95. The lowest BCUT2D eigenvalue weighted by molar-refractivity contribution is -0.150. The number of aryl methyl sites for hydroxylation is 1. The summed E-state index contributed by atoms with van der Waals surface area (Å²) in [5.41, 5.74) is 3.15. The second-order valence-corrected chi connectivity index (χ2v) is 6.86. The first-order valence-corrected chi connectivity index (χ1v) is 9.19. The van der Waals surface area contributed by atoms with Gasteiger partial charge in [-0.15, -0.1) is 0 Å². The normalized spacial score (nSPS) is 20.9. The number of carbonyl (C=O) groups is 1. The molecule has 0 aromatic heterocycles. The Hall–Kier alpha value is -3.40. The molecule has 0 N–H and O–H groups in total. The lowest BCUT2D eigenvalue weighted by atomic mass is 9.73. The molecule has 0 radical (unpaired) electrons. The third kappa shape index (κ3) is 2.87. The van der Waals surface area contributed by atoms with Gasteiger partial charge in [-0.3, -0.25) is 4.79 Å². The van der Waals surface area contributed by atoms with E-state index >= 15 is 0 Å². The Morgan fingerprint density at radius 1 is 0.893 bits per heavy atom. The van der Waals surface area contributed by atoms with E-state index in [1.165, 1.54) is 7.11 Å². The van der Waals surface area contributed by atoms with E-state index in [1.54, 1.807) is 0 Å². The fraction of sp³-hybridized carbons (Fsp3) is 0.167. The standard InChI is InChI=1S/C24H21NO3/c1-17-13-15-20(16-14-17)24(19-11-7-4-8-12-19)21(23(26)27-2)22(25-28-24)18-9-5-3-6-10-18/h3-16,21H,1-2H3. The maximum absolute atomic E-state index is 13.0. The lowest BCUT2D eigenvalue weighted by Crippen LogP contribution is -2.43. The van der Waals surface area contributed by atoms with Crippen molar-refractivity contribution in [1.82, 2.24) is 0 Å². The molecule has 0 spiro atoms. The van der Waals surface area contributed by atoms with Crippen molar-refractivity contribution in [1.29, 1.82) is 0 Å². The summed E-state index contributed by atoms with van der Waals surface area (Å²) >= 11 is 0. The third-order valence-corrected chi connectivity index (χ3v) is 5.16. The molecule has 0 aliphatic carbocycles. The van der Waals surface area contributed by atoms with Gasteiger partial charge in [0.2, 0.25) is 5.60 Å². The van der Waals surface area contributed by atoms with E-state index in [1.807, 2.05) is 91.9 Å². The number of hydrogen-bond acceptors (Lipinski definition) is 4. The number of hydrogen-bond donors (Lipinski definition) is 0. The zero-order valence-electron chi connectivity index (χ0n) is 15.8. The molecular formula is C24H21NO3. The van der Waals surface area contributed by atoms with E-state index in [0.717, 1.165) is 22.3 Å². The molecule has 0 saturated heterocycles. The maximum atomic E-state index is 13.0. The van der Waals surface area contributed by atoms with Crippen LogP contribution in [-0.2, 0) is 20.0 Å². The van der Waals surface area contributed by atoms with Gasteiger partial charge in [-0.1, -0.05) is 95.6 Å². The molecule has 0 bridgehead atoms. The first-order valence-electron chi connectivity index (χ1n) is 9.19. The second-order valence-electron chi connectivity index (χ2n) is 6.86. The minimum absolute atomic E-state index is 0.385. The molecule has 28 heavy (non-hydrogen) atoms. The molecule has 0 amide bonds. The molecule has 3 aromatic carbocycles. The molecule has 0 saturated carbocycles. The van der Waals surface area contributed by atoms with Crippen LogP contribution in [0.2, 0.25) is 0 Å². The number of carbonyl (C=O) groups excluding carboxylic acids is 1. The fourth-order valence-corrected chi connectivity index (χ4v) is 3.74. The average Bonchev–Trinajstić information content (AvgIpc) is 3.16. The highest BCUT2D eigenvalue weighted by molar-refractivity contribution is 6.14. The van der Waals surface area contributed by atoms with Crippen molar-refractivity contribution in [2.45, 2.75) is 12.5 Å². The number of nitrogens with zero attached hydrogens (tertiary/aromatic N) is 1. The highest BCUT2D eigenvalue weighted by Gasteiger charge is 2.56. The Morgan fingerprint density at radius 3 is 2.07 bits per heavy atom. The van der Waals surface area contributed by atoms with Gasteiger partial charge in [0.05, 0.1) is 7.11 Å². The second kappa shape index (κ2) is 7.31. The zero-order chi connectivity index (χ0) is 19.6. The van der Waals surface area contributed by atoms with Crippen molar-refractivity contribution >= 4 is 11.7 Å². The van der Waals surface area contributed by atoms with E-state index < -0.39 is 11.5 Å². The molecule has 1 heterocycles. The molecule has 140 valence electrons. The van der Waals surface area contributed by atoms with Gasteiger partial charge in [0.25, 0.3) is 0 Å². The van der Waals surface area contributed by atoms with Crippen LogP contribution in [0.4, 0.5) is 0 Å². The Kier molecular flexibility index (Phi) is 4.70. The monoisotopic (exact) mass is 371 g/mol. The summed E-state index contributed by atoms with van der Waals surface area (Å²) in [4.78, 5) is 19.2. The summed E-state index contributed by atoms with van der Waals surface area (Å²) in [5, 5.41) is 4.40. The molecule has 4 heteroatoms. The number of ether oxygens (including phenoxy) is 1. The summed E-state index contributed by atoms with van der Waals surface area (Å²) in [6.07, 6.45) is 0. The molecule has 4 nitrogen and oxygen atoms in total. The summed E-state index contributed by atoms with van der Waals surface area (Å²) < 4.78 is 5.21. The molecule has 1 aliphatic heterocycles. The van der Waals surface area contributed by atoms with Crippen LogP contribution >= 0.6 is 0 Å². The number of esters is 1. The van der Waals surface area contributed by atoms with Crippen LogP contribution in [-0.4, -0.2) is 18.8 Å². The first kappa shape index (κ1) is 18.0. The van der Waals surface area contributed by atoms with Crippen LogP contribution in [0.1, 0.15) is 22.3 Å². The van der Waals surface area contributed by atoms with Gasteiger partial charge in [-0.25, -0.2) is 0 Å². The summed E-state index contributed by atoms with van der Waals surface area (Å²) in [6, 6.07) is 27.3. The molecule has 1 aliphatic rings. The molecule has 2 unspecified atom stereocenters. The van der Waals surface area contributed by atoms with E-state index in [9.17, 15) is 4.79 Å². The number of rotatable bonds is 4. The van der Waals surface area contributed by atoms with Gasteiger partial charge in [0.1, 0.15) is 5.71 Å². The molecule has 4 rings (SSSR count). The van der Waals surface area contributed by atoms with Crippen molar-refractivity contribution in [2.24, 2.45) is 11.1 Å². The topological polar surface area (TPSA) is 47.9 Å². The smallest absolute Gasteiger partial charge is 0.319 e. The molecule has 0 fully saturated rings. The number of benzene rings is 3. The van der Waals surface area contributed by atoms with E-state index in [0.29, 0.717) is 5.71 Å². The van der Waals surface area contributed by atoms with Gasteiger partial charge in [0, 0.05) is 16.7 Å². The van der Waals surface area contributed by atoms with Gasteiger partial charge >= 0.3 is 5.97 Å². The number of oxime groups is 1. The van der Waals surface area contributed by atoms with E-state index in [4.69, 9.17) is 9.57 Å². The van der Waals surface area contributed by atoms with Crippen molar-refractivity contribution in [3.63, 3.8) is 0 Å². The summed E-state index contributed by atoms with van der Waals surface area (Å²) in [6.45, 7) is 2.03. The highest BCUT2D eigenvalue weighted by atomic mass is 16.7. The summed E-state index contributed by atoms with van der Waals surface area (Å²) in [7, 11) is 1.40. The van der Waals surface area contributed by atoms with Crippen LogP contribution in [0.3, 0.4) is 0 Å². The lowest BCUT2D eigenvalue weighted by Gasteiger charge is -2.33. The van der Waals surface area contributed by atoms with E-state index in [-0.39, 0.29) is 5.97 Å². The summed E-state index contributed by atoms with van der Waals surface area (Å²) in [5.74, 6) is -1.12. The number of methoxy groups -OCH3 is 1. The minimum atomic E-state index is -1.09. The largest absolute Gasteiger partial charge is 0.468 e. The van der Waals surface area contributed by atoms with Crippen molar-refractivity contribution in [3.05, 3.63) is 107 Å². The van der Waals surface area contributed by atoms with Gasteiger partial charge in [0.15, 0.2) is 5.92 Å². The minimum Gasteiger partial charge on any atom is -0.468 e. The average molecular weight is 371 g/mol. The quantitative estimate of drug-likeness (QED) is 0.636. The maximum Gasteiger partial charge on any atom is 0.319 e. The Labute approximate surface area is 164 Å². The van der Waals surface area contributed by atoms with Crippen LogP contribution in [0, 0.1) is 12.8 Å². The van der Waals surface area contributed by atoms with Crippen LogP contribution in [0.25, 0.3) is 0 Å². The zero-order valence-corrected chi connectivity index (χ0v) is 15.8. The molecule has 2 atom stereocenters. The van der Waals surface area contributed by atoms with Crippen molar-refractivity contribution < 1.29 is 14.4 Å². The van der Waals surface area contributed by atoms with Crippen molar-refractivity contribution in [2.75, 3.05) is 7.11 Å². The van der Waals surface area contributed by atoms with Crippen molar-refractivity contribution in [3.8, 4) is 0 Å². The van der Waals surface area contributed by atoms with Crippen LogP contribution in [0.15, 0.2) is 90.1 Å². The molecular weight excluding hydrogens is 350 g/mol. The molecule has 3 aromatic rings.